The first kappa shape index (κ1) is 39.5. The maximum atomic E-state index is 13.6. The molecule has 56 heavy (non-hydrogen) atoms. The Hall–Kier alpha value is -6.18. The Balaban J connectivity index is 1.13. The second kappa shape index (κ2) is 16.7. The fourth-order valence-electron chi connectivity index (χ4n) is 7.15. The van der Waals surface area contributed by atoms with E-state index in [1.807, 2.05) is 78.0 Å². The first-order valence-electron chi connectivity index (χ1n) is 18.7. The number of methoxy groups -OCH3 is 2. The van der Waals surface area contributed by atoms with Crippen molar-refractivity contribution < 1.29 is 28.7 Å². The van der Waals surface area contributed by atoms with Crippen LogP contribution in [0.25, 0.3) is 33.6 Å². The van der Waals surface area contributed by atoms with E-state index >= 15 is 0 Å². The molecule has 0 radical (unpaired) electrons. The predicted octanol–water partition coefficient (Wildman–Crippen LogP) is 6.55. The molecule has 0 unspecified atom stereocenters. The van der Waals surface area contributed by atoms with Gasteiger partial charge in [-0.25, -0.2) is 19.6 Å². The normalized spacial score (nSPS) is 17.8. The minimum atomic E-state index is -0.735. The molecule has 2 aromatic carbocycles. The smallest absolute Gasteiger partial charge is 0.407 e. The summed E-state index contributed by atoms with van der Waals surface area (Å²) < 4.78 is 9.52. The molecule has 0 aliphatic carbocycles. The number of carbonyl (C=O) groups is 4. The van der Waals surface area contributed by atoms with Gasteiger partial charge in [-0.3, -0.25) is 9.59 Å². The van der Waals surface area contributed by atoms with E-state index in [1.165, 1.54) is 14.2 Å². The Morgan fingerprint density at radius 2 is 0.964 bits per heavy atom. The van der Waals surface area contributed by atoms with E-state index in [2.05, 4.69) is 54.8 Å². The van der Waals surface area contributed by atoms with Crippen LogP contribution in [0.5, 0.6) is 0 Å². The van der Waals surface area contributed by atoms with Crippen LogP contribution in [0.3, 0.4) is 0 Å². The first-order valence-corrected chi connectivity index (χ1v) is 18.7. The standard InChI is InChI=1S/C42H50N8O6/c1-23(2)35(47-41(53)55-7)39(51)49-21-25(5)17-33(49)37-43-19-31(45-37)29-13-9-27(10-14-29)28-11-15-30(16-12-28)32-20-44-38(46-32)34-18-26(6)22-50(34)40(52)36(24(3)4)48-42(54)56-8/h9-20,23-24,33-36H,21-22H2,1-8H3,(H,43,45)(H,44,46)(H,47,53)(H,48,54)/t33-,34-,35-,36-/m0/s1. The van der Waals surface area contributed by atoms with Crippen LogP contribution < -0.4 is 10.6 Å². The number of nitrogens with one attached hydrogen (secondary N) is 4. The molecule has 4 heterocycles. The van der Waals surface area contributed by atoms with Gasteiger partial charge in [0.2, 0.25) is 11.8 Å². The van der Waals surface area contributed by atoms with Gasteiger partial charge in [-0.15, -0.1) is 0 Å². The number of rotatable bonds is 11. The van der Waals surface area contributed by atoms with Crippen molar-refractivity contribution in [1.29, 1.82) is 0 Å². The molecule has 6 rings (SSSR count). The lowest BCUT2D eigenvalue weighted by Crippen LogP contribution is -2.51. The Morgan fingerprint density at radius 1 is 0.625 bits per heavy atom. The number of hydrogen-bond donors (Lipinski definition) is 4. The Morgan fingerprint density at radius 3 is 1.29 bits per heavy atom. The Bertz CT molecular complexity index is 1980. The highest BCUT2D eigenvalue weighted by molar-refractivity contribution is 5.88. The van der Waals surface area contributed by atoms with E-state index in [0.29, 0.717) is 24.7 Å². The number of aromatic nitrogens is 4. The summed E-state index contributed by atoms with van der Waals surface area (Å²) in [5, 5.41) is 5.37. The largest absolute Gasteiger partial charge is 0.453 e. The van der Waals surface area contributed by atoms with Gasteiger partial charge >= 0.3 is 12.2 Å². The summed E-state index contributed by atoms with van der Waals surface area (Å²) in [5.74, 6) is 0.605. The highest BCUT2D eigenvalue weighted by Crippen LogP contribution is 2.34. The average Bonchev–Trinajstić information content (AvgIpc) is 4.02. The van der Waals surface area contributed by atoms with Crippen molar-refractivity contribution in [3.63, 3.8) is 0 Å². The molecule has 2 aliphatic rings. The van der Waals surface area contributed by atoms with Crippen LogP contribution >= 0.6 is 0 Å². The zero-order chi connectivity index (χ0) is 40.3. The molecule has 4 N–H and O–H groups in total. The number of carbonyl (C=O) groups excluding carboxylic acids is 4. The van der Waals surface area contributed by atoms with Gasteiger partial charge in [-0.2, -0.15) is 0 Å². The third kappa shape index (κ3) is 8.38. The van der Waals surface area contributed by atoms with E-state index < -0.39 is 36.4 Å². The molecule has 4 aromatic rings. The topological polar surface area (TPSA) is 175 Å². The second-order valence-electron chi connectivity index (χ2n) is 15.1. The summed E-state index contributed by atoms with van der Waals surface area (Å²) >= 11 is 0. The van der Waals surface area contributed by atoms with Crippen LogP contribution in [0.15, 0.2) is 84.2 Å². The molecule has 0 bridgehead atoms. The lowest BCUT2D eigenvalue weighted by atomic mass is 10.0. The second-order valence-corrected chi connectivity index (χ2v) is 15.1. The number of alkyl carbamates (subject to hydrolysis) is 2. The molecule has 14 heteroatoms. The minimum absolute atomic E-state index is 0.139. The number of ether oxygens (including phenoxy) is 2. The van der Waals surface area contributed by atoms with E-state index in [-0.39, 0.29) is 23.7 Å². The molecular formula is C42H50N8O6. The van der Waals surface area contributed by atoms with E-state index in [4.69, 9.17) is 9.47 Å². The number of aromatic amines is 2. The molecule has 0 saturated heterocycles. The van der Waals surface area contributed by atoms with Crippen molar-refractivity contribution in [2.24, 2.45) is 11.8 Å². The number of hydrogen-bond acceptors (Lipinski definition) is 8. The van der Waals surface area contributed by atoms with Crippen LogP contribution in [0.1, 0.15) is 65.3 Å². The van der Waals surface area contributed by atoms with Gasteiger partial charge in [0.25, 0.3) is 0 Å². The number of H-pyrrole nitrogens is 2. The van der Waals surface area contributed by atoms with Crippen LogP contribution in [-0.2, 0) is 19.1 Å². The zero-order valence-electron chi connectivity index (χ0n) is 33.0. The number of amides is 4. The molecule has 0 spiro atoms. The number of benzene rings is 2. The van der Waals surface area contributed by atoms with Crippen LogP contribution in [0, 0.1) is 11.8 Å². The average molecular weight is 763 g/mol. The van der Waals surface area contributed by atoms with Crippen molar-refractivity contribution in [3.8, 4) is 33.6 Å². The SMILES string of the molecule is COC(=O)N[C@H](C(=O)N1CC(C)=C[C@H]1c1ncc(-c2ccc(-c3ccc(-c4cnc([C@@H]5C=C(C)CN5C(=O)[C@@H](NC(=O)OC)C(C)C)[nH]4)cc3)cc2)[nH]1)C(C)C. The van der Waals surface area contributed by atoms with Crippen LogP contribution in [0.4, 0.5) is 9.59 Å². The summed E-state index contributed by atoms with van der Waals surface area (Å²) in [6.07, 6.45) is 6.29. The monoisotopic (exact) mass is 762 g/mol. The summed E-state index contributed by atoms with van der Waals surface area (Å²) in [5.41, 5.74) is 7.69. The van der Waals surface area contributed by atoms with Crippen LogP contribution in [-0.4, -0.2) is 93.1 Å². The Labute approximate surface area is 326 Å². The molecule has 2 aromatic heterocycles. The minimum Gasteiger partial charge on any atom is -0.453 e. The zero-order valence-corrected chi connectivity index (χ0v) is 33.0. The summed E-state index contributed by atoms with van der Waals surface area (Å²) in [6, 6.07) is 14.1. The van der Waals surface area contributed by atoms with E-state index in [1.54, 1.807) is 22.2 Å². The summed E-state index contributed by atoms with van der Waals surface area (Å²) in [6.45, 7) is 12.4. The number of imidazole rings is 2. The fraction of sp³-hybridized carbons (Fsp3) is 0.381. The number of nitrogens with zero attached hydrogens (tertiary/aromatic N) is 4. The molecule has 2 aliphatic heterocycles. The van der Waals surface area contributed by atoms with Gasteiger partial charge < -0.3 is 39.9 Å². The van der Waals surface area contributed by atoms with Gasteiger partial charge in [0, 0.05) is 13.1 Å². The van der Waals surface area contributed by atoms with Gasteiger partial charge in [0.1, 0.15) is 35.8 Å². The van der Waals surface area contributed by atoms with Gasteiger partial charge in [0.15, 0.2) is 0 Å². The third-order valence-corrected chi connectivity index (χ3v) is 10.2. The lowest BCUT2D eigenvalue weighted by Gasteiger charge is -2.30. The molecule has 294 valence electrons. The van der Waals surface area contributed by atoms with Crippen molar-refractivity contribution in [2.45, 2.75) is 65.7 Å². The molecule has 14 nitrogen and oxygen atoms in total. The fourth-order valence-corrected chi connectivity index (χ4v) is 7.15. The highest BCUT2D eigenvalue weighted by atomic mass is 16.5. The van der Waals surface area contributed by atoms with Crippen molar-refractivity contribution in [3.05, 3.63) is 95.9 Å². The predicted molar refractivity (Wildman–Crippen MR) is 212 cm³/mol. The molecule has 0 fully saturated rings. The van der Waals surface area contributed by atoms with Gasteiger partial charge in [-0.1, -0.05) is 99.5 Å². The maximum absolute atomic E-state index is 13.6. The summed E-state index contributed by atoms with van der Waals surface area (Å²) in [4.78, 5) is 70.9. The molecule has 4 amide bonds. The third-order valence-electron chi connectivity index (χ3n) is 10.2. The Kier molecular flexibility index (Phi) is 11.8. The van der Waals surface area contributed by atoms with Crippen LogP contribution in [0.2, 0.25) is 0 Å². The quantitative estimate of drug-likeness (QED) is 0.124. The van der Waals surface area contributed by atoms with E-state index in [9.17, 15) is 19.2 Å². The van der Waals surface area contributed by atoms with Crippen molar-refractivity contribution in [1.82, 2.24) is 40.4 Å². The van der Waals surface area contributed by atoms with Crippen molar-refractivity contribution in [2.75, 3.05) is 27.3 Å². The van der Waals surface area contributed by atoms with Gasteiger partial charge in [0.05, 0.1) is 38.0 Å². The van der Waals surface area contributed by atoms with Gasteiger partial charge in [-0.05, 0) is 47.9 Å². The lowest BCUT2D eigenvalue weighted by molar-refractivity contribution is -0.135. The van der Waals surface area contributed by atoms with E-state index in [0.717, 1.165) is 44.8 Å². The first-order chi connectivity index (χ1) is 26.8. The molecular weight excluding hydrogens is 713 g/mol. The molecule has 0 saturated carbocycles. The maximum Gasteiger partial charge on any atom is 0.407 e. The van der Waals surface area contributed by atoms with Crippen molar-refractivity contribution >= 4 is 24.0 Å². The highest BCUT2D eigenvalue weighted by Gasteiger charge is 2.38. The molecule has 4 atom stereocenters. The summed E-state index contributed by atoms with van der Waals surface area (Å²) in [7, 11) is 2.56.